The average molecular weight is 341 g/mol. The van der Waals surface area contributed by atoms with Gasteiger partial charge in [-0.2, -0.15) is 0 Å². The van der Waals surface area contributed by atoms with Gasteiger partial charge in [-0.05, 0) is 35.0 Å². The summed E-state index contributed by atoms with van der Waals surface area (Å²) in [6, 6.07) is 4.64. The van der Waals surface area contributed by atoms with Crippen LogP contribution in [-0.4, -0.2) is 27.0 Å². The first kappa shape index (κ1) is 13.3. The summed E-state index contributed by atoms with van der Waals surface area (Å²) >= 11 is 5.30. The van der Waals surface area contributed by atoms with Crippen molar-refractivity contribution in [1.29, 1.82) is 0 Å². The summed E-state index contributed by atoms with van der Waals surface area (Å²) in [7, 11) is 0. The van der Waals surface area contributed by atoms with E-state index in [0.29, 0.717) is 0 Å². The van der Waals surface area contributed by atoms with E-state index in [1.54, 1.807) is 11.3 Å². The standard InChI is InChI=1S/C13H17BrN4S/c1-9(15)13(10-2-3-11(14)19-10)18-7-6-17-5-4-16-12(17)8-18/h2-5,9,13H,6-8,15H2,1H3. The van der Waals surface area contributed by atoms with E-state index in [4.69, 9.17) is 5.73 Å². The molecule has 6 heteroatoms. The minimum atomic E-state index is 0.104. The number of imidazole rings is 1. The Labute approximate surface area is 125 Å². The third-order valence-electron chi connectivity index (χ3n) is 3.55. The Balaban J connectivity index is 1.86. The van der Waals surface area contributed by atoms with Crippen molar-refractivity contribution in [1.82, 2.24) is 14.5 Å². The van der Waals surface area contributed by atoms with Crippen molar-refractivity contribution in [2.24, 2.45) is 5.73 Å². The lowest BCUT2D eigenvalue weighted by Crippen LogP contribution is -2.43. The van der Waals surface area contributed by atoms with E-state index in [1.807, 2.05) is 6.20 Å². The Hall–Kier alpha value is -0.690. The zero-order valence-electron chi connectivity index (χ0n) is 10.8. The van der Waals surface area contributed by atoms with E-state index >= 15 is 0 Å². The largest absolute Gasteiger partial charge is 0.333 e. The van der Waals surface area contributed by atoms with Crippen LogP contribution in [0, 0.1) is 0 Å². The van der Waals surface area contributed by atoms with Crippen molar-refractivity contribution >= 4 is 27.3 Å². The van der Waals surface area contributed by atoms with Gasteiger partial charge in [0.05, 0.1) is 16.4 Å². The molecule has 4 nitrogen and oxygen atoms in total. The van der Waals surface area contributed by atoms with E-state index in [0.717, 1.165) is 29.2 Å². The Kier molecular flexibility index (Phi) is 3.75. The van der Waals surface area contributed by atoms with Gasteiger partial charge in [-0.25, -0.2) is 4.98 Å². The van der Waals surface area contributed by atoms with E-state index in [9.17, 15) is 0 Å². The van der Waals surface area contributed by atoms with Crippen LogP contribution in [-0.2, 0) is 13.1 Å². The number of thiophene rings is 1. The lowest BCUT2D eigenvalue weighted by Gasteiger charge is -2.36. The van der Waals surface area contributed by atoms with Gasteiger partial charge in [-0.15, -0.1) is 11.3 Å². The van der Waals surface area contributed by atoms with Crippen molar-refractivity contribution < 1.29 is 0 Å². The zero-order chi connectivity index (χ0) is 13.4. The number of halogens is 1. The van der Waals surface area contributed by atoms with Gasteiger partial charge in [0.25, 0.3) is 0 Å². The van der Waals surface area contributed by atoms with Gasteiger partial charge in [0.2, 0.25) is 0 Å². The van der Waals surface area contributed by atoms with Crippen molar-refractivity contribution in [2.45, 2.75) is 32.1 Å². The number of fused-ring (bicyclic) bond motifs is 1. The van der Waals surface area contributed by atoms with Crippen LogP contribution in [0.4, 0.5) is 0 Å². The van der Waals surface area contributed by atoms with Gasteiger partial charge in [0.15, 0.2) is 0 Å². The molecule has 0 saturated carbocycles. The SMILES string of the molecule is CC(N)C(c1ccc(Br)s1)N1CCn2ccnc2C1. The Morgan fingerprint density at radius 2 is 2.26 bits per heavy atom. The quantitative estimate of drug-likeness (QED) is 0.934. The van der Waals surface area contributed by atoms with E-state index in [-0.39, 0.29) is 12.1 Å². The fraction of sp³-hybridized carbons (Fsp3) is 0.462. The molecule has 0 radical (unpaired) electrons. The molecule has 2 N–H and O–H groups in total. The molecule has 0 spiro atoms. The number of nitrogens with two attached hydrogens (primary N) is 1. The maximum Gasteiger partial charge on any atom is 0.122 e. The van der Waals surface area contributed by atoms with Crippen LogP contribution in [0.5, 0.6) is 0 Å². The van der Waals surface area contributed by atoms with E-state index in [2.05, 4.69) is 55.6 Å². The van der Waals surface area contributed by atoms with E-state index in [1.165, 1.54) is 4.88 Å². The first-order valence-electron chi connectivity index (χ1n) is 6.40. The summed E-state index contributed by atoms with van der Waals surface area (Å²) in [4.78, 5) is 8.18. The molecule has 19 heavy (non-hydrogen) atoms. The predicted molar refractivity (Wildman–Crippen MR) is 81.0 cm³/mol. The normalized spacial score (nSPS) is 19.1. The lowest BCUT2D eigenvalue weighted by atomic mass is 10.1. The Bertz CT molecular complexity index is 562. The predicted octanol–water partition coefficient (Wildman–Crippen LogP) is 2.61. The third kappa shape index (κ3) is 2.63. The molecule has 0 bridgehead atoms. The van der Waals surface area contributed by atoms with Gasteiger partial charge in [0.1, 0.15) is 5.82 Å². The minimum absolute atomic E-state index is 0.104. The van der Waals surface area contributed by atoms with Crippen molar-refractivity contribution in [3.05, 3.63) is 39.0 Å². The summed E-state index contributed by atoms with van der Waals surface area (Å²) < 4.78 is 3.38. The van der Waals surface area contributed by atoms with Crippen molar-refractivity contribution in [3.8, 4) is 0 Å². The summed E-state index contributed by atoms with van der Waals surface area (Å²) in [6.07, 6.45) is 3.93. The molecule has 2 atom stereocenters. The van der Waals surface area contributed by atoms with Crippen LogP contribution in [0.2, 0.25) is 0 Å². The van der Waals surface area contributed by atoms with Gasteiger partial charge in [-0.3, -0.25) is 4.90 Å². The molecule has 2 aromatic rings. The van der Waals surface area contributed by atoms with Gasteiger partial charge >= 0.3 is 0 Å². The summed E-state index contributed by atoms with van der Waals surface area (Å²) in [6.45, 7) is 4.96. The molecule has 3 rings (SSSR count). The first-order valence-corrected chi connectivity index (χ1v) is 8.01. The highest BCUT2D eigenvalue weighted by Gasteiger charge is 2.28. The topological polar surface area (TPSA) is 47.1 Å². The second kappa shape index (κ2) is 5.36. The van der Waals surface area contributed by atoms with Crippen LogP contribution in [0.25, 0.3) is 0 Å². The second-order valence-corrected chi connectivity index (χ2v) is 7.45. The summed E-state index contributed by atoms with van der Waals surface area (Å²) in [5.41, 5.74) is 6.23. The molecule has 2 unspecified atom stereocenters. The molecule has 0 aromatic carbocycles. The maximum absolute atomic E-state index is 6.23. The Morgan fingerprint density at radius 1 is 1.42 bits per heavy atom. The number of rotatable bonds is 3. The van der Waals surface area contributed by atoms with Crippen LogP contribution in [0.3, 0.4) is 0 Å². The number of hydrogen-bond acceptors (Lipinski definition) is 4. The van der Waals surface area contributed by atoms with E-state index < -0.39 is 0 Å². The molecule has 0 amide bonds. The summed E-state index contributed by atoms with van der Waals surface area (Å²) in [5.74, 6) is 1.13. The monoisotopic (exact) mass is 340 g/mol. The van der Waals surface area contributed by atoms with Crippen LogP contribution >= 0.6 is 27.3 Å². The van der Waals surface area contributed by atoms with Gasteiger partial charge in [0, 0.05) is 36.4 Å². The highest BCUT2D eigenvalue weighted by atomic mass is 79.9. The first-order chi connectivity index (χ1) is 9.15. The highest BCUT2D eigenvalue weighted by Crippen LogP contribution is 2.34. The Morgan fingerprint density at radius 3 is 2.95 bits per heavy atom. The minimum Gasteiger partial charge on any atom is -0.333 e. The average Bonchev–Trinajstić information content (AvgIpc) is 2.97. The third-order valence-corrected chi connectivity index (χ3v) is 5.25. The number of hydrogen-bond donors (Lipinski definition) is 1. The van der Waals surface area contributed by atoms with Crippen molar-refractivity contribution in [2.75, 3.05) is 6.54 Å². The van der Waals surface area contributed by atoms with Gasteiger partial charge < -0.3 is 10.3 Å². The molecule has 1 aliphatic heterocycles. The van der Waals surface area contributed by atoms with Crippen molar-refractivity contribution in [3.63, 3.8) is 0 Å². The number of nitrogens with zero attached hydrogens (tertiary/aromatic N) is 3. The fourth-order valence-electron chi connectivity index (χ4n) is 2.69. The second-order valence-electron chi connectivity index (χ2n) is 4.95. The fourth-order valence-corrected chi connectivity index (χ4v) is 4.36. The lowest BCUT2D eigenvalue weighted by molar-refractivity contribution is 0.138. The molecule has 0 fully saturated rings. The molecule has 102 valence electrons. The maximum atomic E-state index is 6.23. The molecule has 0 saturated heterocycles. The highest BCUT2D eigenvalue weighted by molar-refractivity contribution is 9.11. The molecule has 3 heterocycles. The smallest absolute Gasteiger partial charge is 0.122 e. The number of aromatic nitrogens is 2. The summed E-state index contributed by atoms with van der Waals surface area (Å²) in [5, 5.41) is 0. The van der Waals surface area contributed by atoms with Crippen LogP contribution in [0.15, 0.2) is 28.3 Å². The molecular formula is C13H17BrN4S. The molecular weight excluding hydrogens is 324 g/mol. The molecule has 1 aliphatic rings. The molecule has 2 aromatic heterocycles. The zero-order valence-corrected chi connectivity index (χ0v) is 13.2. The van der Waals surface area contributed by atoms with Crippen LogP contribution in [0.1, 0.15) is 23.7 Å². The van der Waals surface area contributed by atoms with Gasteiger partial charge in [-0.1, -0.05) is 0 Å². The van der Waals surface area contributed by atoms with Crippen LogP contribution < -0.4 is 5.73 Å². The molecule has 0 aliphatic carbocycles.